The third kappa shape index (κ3) is 3.57. The molecular formula is C14H13N3O2S. The summed E-state index contributed by atoms with van der Waals surface area (Å²) in [5, 5.41) is 13.0. The van der Waals surface area contributed by atoms with Crippen LogP contribution in [0.15, 0.2) is 41.8 Å². The molecule has 1 amide bonds. The average molecular weight is 287 g/mol. The standard InChI is InChI=1S/C14H13N3O2S/c15-7-8-19-11-5-3-10(4-6-11)17-14(18)13(16)12-2-1-9-20-12/h1-6,9,13H,8,16H2,(H,17,18). The molecule has 102 valence electrons. The molecule has 1 unspecified atom stereocenters. The van der Waals surface area contributed by atoms with Gasteiger partial charge in [-0.05, 0) is 35.7 Å². The van der Waals surface area contributed by atoms with Crippen molar-refractivity contribution in [2.24, 2.45) is 5.73 Å². The van der Waals surface area contributed by atoms with Gasteiger partial charge in [-0.25, -0.2) is 0 Å². The first-order chi connectivity index (χ1) is 9.70. The van der Waals surface area contributed by atoms with E-state index in [1.54, 1.807) is 24.3 Å². The van der Waals surface area contributed by atoms with Crippen LogP contribution in [0.4, 0.5) is 5.69 Å². The summed E-state index contributed by atoms with van der Waals surface area (Å²) in [5.74, 6) is 0.310. The number of anilines is 1. The number of nitrogens with two attached hydrogens (primary N) is 1. The minimum absolute atomic E-state index is 0.00500. The van der Waals surface area contributed by atoms with E-state index in [-0.39, 0.29) is 12.5 Å². The number of thiophene rings is 1. The topological polar surface area (TPSA) is 88.1 Å². The van der Waals surface area contributed by atoms with E-state index in [2.05, 4.69) is 5.32 Å². The fourth-order valence-corrected chi connectivity index (χ4v) is 2.29. The van der Waals surface area contributed by atoms with E-state index in [1.807, 2.05) is 23.6 Å². The van der Waals surface area contributed by atoms with E-state index >= 15 is 0 Å². The van der Waals surface area contributed by atoms with Crippen molar-refractivity contribution in [2.75, 3.05) is 11.9 Å². The summed E-state index contributed by atoms with van der Waals surface area (Å²) in [5.41, 5.74) is 6.49. The fourth-order valence-electron chi connectivity index (χ4n) is 1.57. The SMILES string of the molecule is N#CCOc1ccc(NC(=O)C(N)c2cccs2)cc1. The zero-order valence-electron chi connectivity index (χ0n) is 10.6. The Morgan fingerprint density at radius 2 is 2.15 bits per heavy atom. The van der Waals surface area contributed by atoms with Gasteiger partial charge in [0.15, 0.2) is 6.61 Å². The van der Waals surface area contributed by atoms with Gasteiger partial charge in [0.1, 0.15) is 17.9 Å². The number of rotatable bonds is 5. The Hall–Kier alpha value is -2.36. The van der Waals surface area contributed by atoms with E-state index in [1.165, 1.54) is 11.3 Å². The maximum absolute atomic E-state index is 12.0. The highest BCUT2D eigenvalue weighted by atomic mass is 32.1. The minimum atomic E-state index is -0.676. The second-order valence-corrected chi connectivity index (χ2v) is 4.93. The molecule has 0 bridgehead atoms. The van der Waals surface area contributed by atoms with Crippen molar-refractivity contribution in [3.63, 3.8) is 0 Å². The second kappa shape index (κ2) is 6.70. The maximum Gasteiger partial charge on any atom is 0.246 e. The van der Waals surface area contributed by atoms with Crippen LogP contribution in [0.5, 0.6) is 5.75 Å². The summed E-state index contributed by atoms with van der Waals surface area (Å²) in [6.45, 7) is -0.00500. The second-order valence-electron chi connectivity index (χ2n) is 3.95. The van der Waals surface area contributed by atoms with E-state index in [0.29, 0.717) is 11.4 Å². The lowest BCUT2D eigenvalue weighted by atomic mass is 10.2. The van der Waals surface area contributed by atoms with Crippen molar-refractivity contribution in [3.05, 3.63) is 46.7 Å². The van der Waals surface area contributed by atoms with Crippen LogP contribution in [0.1, 0.15) is 10.9 Å². The van der Waals surface area contributed by atoms with E-state index in [0.717, 1.165) is 4.88 Å². The lowest BCUT2D eigenvalue weighted by Gasteiger charge is -2.11. The summed E-state index contributed by atoms with van der Waals surface area (Å²) < 4.78 is 5.12. The number of hydrogen-bond acceptors (Lipinski definition) is 5. The molecule has 1 heterocycles. The number of nitriles is 1. The van der Waals surface area contributed by atoms with Crippen molar-refractivity contribution < 1.29 is 9.53 Å². The maximum atomic E-state index is 12.0. The Bertz CT molecular complexity index is 602. The zero-order chi connectivity index (χ0) is 14.4. The molecule has 0 aliphatic heterocycles. The molecule has 0 fully saturated rings. The highest BCUT2D eigenvalue weighted by Gasteiger charge is 2.16. The van der Waals surface area contributed by atoms with Gasteiger partial charge in [0.25, 0.3) is 0 Å². The highest BCUT2D eigenvalue weighted by Crippen LogP contribution is 2.20. The Morgan fingerprint density at radius 1 is 1.40 bits per heavy atom. The van der Waals surface area contributed by atoms with Crippen molar-refractivity contribution >= 4 is 22.9 Å². The van der Waals surface area contributed by atoms with Crippen LogP contribution in [0.2, 0.25) is 0 Å². The van der Waals surface area contributed by atoms with E-state index < -0.39 is 6.04 Å². The fraction of sp³-hybridized carbons (Fsp3) is 0.143. The van der Waals surface area contributed by atoms with Gasteiger partial charge in [0.2, 0.25) is 5.91 Å². The molecule has 2 rings (SSSR count). The molecule has 0 aliphatic rings. The first-order valence-electron chi connectivity index (χ1n) is 5.90. The Kier molecular flexibility index (Phi) is 4.71. The Balaban J connectivity index is 1.96. The number of nitrogens with zero attached hydrogens (tertiary/aromatic N) is 1. The lowest BCUT2D eigenvalue weighted by molar-refractivity contribution is -0.117. The molecule has 1 aromatic heterocycles. The first-order valence-corrected chi connectivity index (χ1v) is 6.78. The molecular weight excluding hydrogens is 274 g/mol. The molecule has 3 N–H and O–H groups in total. The monoisotopic (exact) mass is 287 g/mol. The molecule has 1 atom stereocenters. The van der Waals surface area contributed by atoms with Gasteiger partial charge in [-0.2, -0.15) is 5.26 Å². The molecule has 5 nitrogen and oxygen atoms in total. The minimum Gasteiger partial charge on any atom is -0.479 e. The number of hydrogen-bond donors (Lipinski definition) is 2. The van der Waals surface area contributed by atoms with Gasteiger partial charge in [0, 0.05) is 10.6 Å². The summed E-state index contributed by atoms with van der Waals surface area (Å²) >= 11 is 1.44. The van der Waals surface area contributed by atoms with Crippen LogP contribution < -0.4 is 15.8 Å². The number of nitrogens with one attached hydrogen (secondary N) is 1. The number of benzene rings is 1. The molecule has 0 aliphatic carbocycles. The van der Waals surface area contributed by atoms with Crippen molar-refractivity contribution in [1.82, 2.24) is 0 Å². The predicted octanol–water partition coefficient (Wildman–Crippen LogP) is 2.29. The highest BCUT2D eigenvalue weighted by molar-refractivity contribution is 7.10. The van der Waals surface area contributed by atoms with Crippen LogP contribution in [-0.2, 0) is 4.79 Å². The summed E-state index contributed by atoms with van der Waals surface area (Å²) in [4.78, 5) is 12.8. The van der Waals surface area contributed by atoms with Crippen molar-refractivity contribution in [3.8, 4) is 11.8 Å². The lowest BCUT2D eigenvalue weighted by Crippen LogP contribution is -2.26. The molecule has 20 heavy (non-hydrogen) atoms. The van der Waals surface area contributed by atoms with Crippen molar-refractivity contribution in [2.45, 2.75) is 6.04 Å². The first kappa shape index (κ1) is 14.1. The van der Waals surface area contributed by atoms with Crippen LogP contribution >= 0.6 is 11.3 Å². The van der Waals surface area contributed by atoms with Gasteiger partial charge >= 0.3 is 0 Å². The molecule has 2 aromatic rings. The predicted molar refractivity (Wildman–Crippen MR) is 77.4 cm³/mol. The smallest absolute Gasteiger partial charge is 0.246 e. The normalized spacial score (nSPS) is 11.4. The van der Waals surface area contributed by atoms with Crippen LogP contribution in [-0.4, -0.2) is 12.5 Å². The van der Waals surface area contributed by atoms with E-state index in [4.69, 9.17) is 15.7 Å². The number of carbonyl (C=O) groups is 1. The molecule has 0 saturated heterocycles. The summed E-state index contributed by atoms with van der Waals surface area (Å²) in [7, 11) is 0. The van der Waals surface area contributed by atoms with Crippen LogP contribution in [0, 0.1) is 11.3 Å². The number of amides is 1. The van der Waals surface area contributed by atoms with Crippen LogP contribution in [0.3, 0.4) is 0 Å². The number of ether oxygens (including phenoxy) is 1. The van der Waals surface area contributed by atoms with E-state index in [9.17, 15) is 4.79 Å². The molecule has 6 heteroatoms. The van der Waals surface area contributed by atoms with Crippen LogP contribution in [0.25, 0.3) is 0 Å². The largest absolute Gasteiger partial charge is 0.479 e. The average Bonchev–Trinajstić information content (AvgIpc) is 3.00. The van der Waals surface area contributed by atoms with Gasteiger partial charge in [-0.3, -0.25) is 4.79 Å². The third-order valence-corrected chi connectivity index (χ3v) is 3.51. The molecule has 0 spiro atoms. The molecule has 0 saturated carbocycles. The molecule has 0 radical (unpaired) electrons. The zero-order valence-corrected chi connectivity index (χ0v) is 11.4. The van der Waals surface area contributed by atoms with Gasteiger partial charge in [-0.1, -0.05) is 6.07 Å². The van der Waals surface area contributed by atoms with Gasteiger partial charge < -0.3 is 15.8 Å². The quantitative estimate of drug-likeness (QED) is 0.883. The third-order valence-electron chi connectivity index (χ3n) is 2.56. The Morgan fingerprint density at radius 3 is 2.75 bits per heavy atom. The molecule has 1 aromatic carbocycles. The Labute approximate surface area is 120 Å². The summed E-state index contributed by atoms with van der Waals surface area (Å²) in [6.07, 6.45) is 0. The van der Waals surface area contributed by atoms with Crippen molar-refractivity contribution in [1.29, 1.82) is 5.26 Å². The summed E-state index contributed by atoms with van der Waals surface area (Å²) in [6, 6.07) is 11.7. The number of carbonyl (C=O) groups excluding carboxylic acids is 1. The van der Waals surface area contributed by atoms with Gasteiger partial charge in [0.05, 0.1) is 0 Å². The van der Waals surface area contributed by atoms with Gasteiger partial charge in [-0.15, -0.1) is 11.3 Å².